The molecule has 0 bridgehead atoms. The first kappa shape index (κ1) is 16.7. The lowest BCUT2D eigenvalue weighted by molar-refractivity contribution is 0.381. The van der Waals surface area contributed by atoms with Gasteiger partial charge in [-0.25, -0.2) is 4.68 Å². The van der Waals surface area contributed by atoms with Gasteiger partial charge in [-0.1, -0.05) is 42.5 Å². The highest BCUT2D eigenvalue weighted by molar-refractivity contribution is 5.36. The summed E-state index contributed by atoms with van der Waals surface area (Å²) in [7, 11) is 1.70. The number of methoxy groups -OCH3 is 1. The van der Waals surface area contributed by atoms with Crippen molar-refractivity contribution in [1.29, 1.82) is 0 Å². The molecule has 1 aromatic heterocycles. The van der Waals surface area contributed by atoms with E-state index in [-0.39, 0.29) is 6.04 Å². The Kier molecular flexibility index (Phi) is 4.88. The number of nitrogens with zero attached hydrogens (tertiary/aromatic N) is 2. The van der Waals surface area contributed by atoms with Crippen molar-refractivity contribution in [2.24, 2.45) is 5.92 Å². The summed E-state index contributed by atoms with van der Waals surface area (Å²) in [6.07, 6.45) is 1.85. The van der Waals surface area contributed by atoms with E-state index in [0.29, 0.717) is 5.92 Å². The average Bonchev–Trinajstić information content (AvgIpc) is 3.17. The van der Waals surface area contributed by atoms with Gasteiger partial charge in [0.05, 0.1) is 19.3 Å². The highest BCUT2D eigenvalue weighted by Crippen LogP contribution is 2.25. The maximum atomic E-state index is 5.30. The summed E-state index contributed by atoms with van der Waals surface area (Å²) in [5.74, 6) is 2.48. The van der Waals surface area contributed by atoms with Crippen LogP contribution in [-0.2, 0) is 6.54 Å². The molecule has 3 aromatic rings. The van der Waals surface area contributed by atoms with Gasteiger partial charge in [0.2, 0.25) is 0 Å². The molecule has 2 heterocycles. The molecule has 5 nitrogen and oxygen atoms in total. The summed E-state index contributed by atoms with van der Waals surface area (Å²) < 4.78 is 7.34. The molecule has 5 heteroatoms. The van der Waals surface area contributed by atoms with Crippen molar-refractivity contribution in [2.75, 3.05) is 25.5 Å². The molecule has 1 aliphatic heterocycles. The van der Waals surface area contributed by atoms with Crippen LogP contribution in [0.15, 0.2) is 66.9 Å². The van der Waals surface area contributed by atoms with Crippen LogP contribution in [0.3, 0.4) is 0 Å². The molecule has 4 rings (SSSR count). The zero-order valence-corrected chi connectivity index (χ0v) is 14.9. The van der Waals surface area contributed by atoms with Gasteiger partial charge in [0, 0.05) is 31.6 Å². The number of rotatable bonds is 6. The fourth-order valence-electron chi connectivity index (χ4n) is 3.48. The highest BCUT2D eigenvalue weighted by atomic mass is 16.5. The van der Waals surface area contributed by atoms with Crippen molar-refractivity contribution >= 4 is 5.82 Å². The van der Waals surface area contributed by atoms with E-state index < -0.39 is 0 Å². The van der Waals surface area contributed by atoms with Crippen LogP contribution in [0, 0.1) is 5.92 Å². The van der Waals surface area contributed by atoms with Gasteiger partial charge < -0.3 is 15.4 Å². The summed E-state index contributed by atoms with van der Waals surface area (Å²) in [6, 6.07) is 21.1. The summed E-state index contributed by atoms with van der Waals surface area (Å²) >= 11 is 0. The van der Waals surface area contributed by atoms with E-state index in [1.807, 2.05) is 29.1 Å². The maximum Gasteiger partial charge on any atom is 0.124 e. The molecule has 0 amide bonds. The molecule has 2 unspecified atom stereocenters. The number of benzene rings is 2. The standard InChI is InChI=1S/C21H24N4O/c1-26-19-9-7-18(8-10-19)21(17-5-3-2-4-6-17)23-14-16-13-22-20-11-12-24-25(20)15-16/h2-12,16,21-23H,13-15H2,1H3. The van der Waals surface area contributed by atoms with Gasteiger partial charge in [-0.3, -0.25) is 0 Å². The zero-order valence-electron chi connectivity index (χ0n) is 14.9. The van der Waals surface area contributed by atoms with Gasteiger partial charge >= 0.3 is 0 Å². The third-order valence-electron chi connectivity index (χ3n) is 4.91. The van der Waals surface area contributed by atoms with E-state index in [4.69, 9.17) is 4.74 Å². The Hall–Kier alpha value is -2.79. The number of anilines is 1. The summed E-state index contributed by atoms with van der Waals surface area (Å²) in [5, 5.41) is 11.6. The predicted molar refractivity (Wildman–Crippen MR) is 103 cm³/mol. The van der Waals surface area contributed by atoms with Gasteiger partial charge in [-0.15, -0.1) is 0 Å². The Morgan fingerprint density at radius 2 is 1.88 bits per heavy atom. The van der Waals surface area contributed by atoms with E-state index in [1.165, 1.54) is 11.1 Å². The van der Waals surface area contributed by atoms with Crippen molar-refractivity contribution in [3.63, 3.8) is 0 Å². The molecule has 0 spiro atoms. The van der Waals surface area contributed by atoms with Crippen LogP contribution >= 0.6 is 0 Å². The van der Waals surface area contributed by atoms with Crippen LogP contribution in [0.4, 0.5) is 5.82 Å². The number of hydrogen-bond donors (Lipinski definition) is 2. The molecule has 1 aliphatic rings. The van der Waals surface area contributed by atoms with Crippen molar-refractivity contribution in [3.8, 4) is 5.75 Å². The number of hydrogen-bond acceptors (Lipinski definition) is 4. The molecular formula is C21H24N4O. The first-order valence-corrected chi connectivity index (χ1v) is 9.01. The minimum absolute atomic E-state index is 0.154. The Labute approximate surface area is 154 Å². The van der Waals surface area contributed by atoms with Crippen LogP contribution in [0.2, 0.25) is 0 Å². The van der Waals surface area contributed by atoms with Crippen LogP contribution in [-0.4, -0.2) is 30.0 Å². The quantitative estimate of drug-likeness (QED) is 0.718. The maximum absolute atomic E-state index is 5.30. The first-order chi connectivity index (χ1) is 12.8. The molecule has 0 saturated heterocycles. The van der Waals surface area contributed by atoms with Crippen LogP contribution in [0.1, 0.15) is 17.2 Å². The highest BCUT2D eigenvalue weighted by Gasteiger charge is 2.20. The Morgan fingerprint density at radius 3 is 2.65 bits per heavy atom. The lowest BCUT2D eigenvalue weighted by Gasteiger charge is -2.28. The smallest absolute Gasteiger partial charge is 0.124 e. The van der Waals surface area contributed by atoms with Gasteiger partial charge in [-0.05, 0) is 23.3 Å². The third kappa shape index (κ3) is 3.58. The van der Waals surface area contributed by atoms with Gasteiger partial charge in [0.1, 0.15) is 11.6 Å². The monoisotopic (exact) mass is 348 g/mol. The second-order valence-corrected chi connectivity index (χ2v) is 6.67. The molecule has 0 fully saturated rings. The summed E-state index contributed by atoms with van der Waals surface area (Å²) in [4.78, 5) is 0. The third-order valence-corrected chi connectivity index (χ3v) is 4.91. The fraction of sp³-hybridized carbons (Fsp3) is 0.286. The molecule has 0 radical (unpaired) electrons. The van der Waals surface area contributed by atoms with E-state index in [9.17, 15) is 0 Å². The predicted octanol–water partition coefficient (Wildman–Crippen LogP) is 3.31. The first-order valence-electron chi connectivity index (χ1n) is 9.01. The van der Waals surface area contributed by atoms with Gasteiger partial charge in [0.25, 0.3) is 0 Å². The van der Waals surface area contributed by atoms with Crippen LogP contribution < -0.4 is 15.4 Å². The fourth-order valence-corrected chi connectivity index (χ4v) is 3.48. The Balaban J connectivity index is 1.50. The molecular weight excluding hydrogens is 324 g/mol. The van der Waals surface area contributed by atoms with Crippen molar-refractivity contribution in [2.45, 2.75) is 12.6 Å². The molecule has 0 aliphatic carbocycles. The van der Waals surface area contributed by atoms with Gasteiger partial charge in [0.15, 0.2) is 0 Å². The van der Waals surface area contributed by atoms with E-state index >= 15 is 0 Å². The Bertz CT molecular complexity index is 829. The molecule has 2 aromatic carbocycles. The van der Waals surface area contributed by atoms with E-state index in [2.05, 4.69) is 58.2 Å². The van der Waals surface area contributed by atoms with E-state index in [1.54, 1.807) is 7.11 Å². The van der Waals surface area contributed by atoms with E-state index in [0.717, 1.165) is 31.2 Å². The van der Waals surface area contributed by atoms with Crippen molar-refractivity contribution in [3.05, 3.63) is 78.0 Å². The summed E-state index contributed by atoms with van der Waals surface area (Å²) in [6.45, 7) is 2.81. The number of nitrogens with one attached hydrogen (secondary N) is 2. The average molecular weight is 348 g/mol. The summed E-state index contributed by atoms with van der Waals surface area (Å²) in [5.41, 5.74) is 2.50. The SMILES string of the molecule is COc1ccc(C(NCC2CNc3ccnn3C2)c2ccccc2)cc1. The molecule has 26 heavy (non-hydrogen) atoms. The largest absolute Gasteiger partial charge is 0.497 e. The van der Waals surface area contributed by atoms with Crippen LogP contribution in [0.25, 0.3) is 0 Å². The Morgan fingerprint density at radius 1 is 1.12 bits per heavy atom. The van der Waals surface area contributed by atoms with Crippen molar-refractivity contribution in [1.82, 2.24) is 15.1 Å². The number of fused-ring (bicyclic) bond motifs is 1. The van der Waals surface area contributed by atoms with Crippen LogP contribution in [0.5, 0.6) is 5.75 Å². The van der Waals surface area contributed by atoms with Crippen molar-refractivity contribution < 1.29 is 4.74 Å². The molecule has 0 saturated carbocycles. The van der Waals surface area contributed by atoms with Gasteiger partial charge in [-0.2, -0.15) is 5.10 Å². The minimum atomic E-state index is 0.154. The normalized spacial score (nSPS) is 17.2. The second kappa shape index (κ2) is 7.62. The minimum Gasteiger partial charge on any atom is -0.497 e. The second-order valence-electron chi connectivity index (χ2n) is 6.67. The number of ether oxygens (including phenoxy) is 1. The number of aromatic nitrogens is 2. The topological polar surface area (TPSA) is 51.1 Å². The molecule has 2 atom stereocenters. The molecule has 134 valence electrons. The lowest BCUT2D eigenvalue weighted by Crippen LogP contribution is -2.37. The molecule has 2 N–H and O–H groups in total. The zero-order chi connectivity index (χ0) is 17.8. The lowest BCUT2D eigenvalue weighted by atomic mass is 9.97.